The number of hydrogen-bond acceptors (Lipinski definition) is 5. The number of aliphatic carboxylic acids is 1. The predicted octanol–water partition coefficient (Wildman–Crippen LogP) is 3.93. The molecule has 33 heavy (non-hydrogen) atoms. The fourth-order valence-electron chi connectivity index (χ4n) is 3.95. The van der Waals surface area contributed by atoms with Gasteiger partial charge in [-0.05, 0) is 30.7 Å². The van der Waals surface area contributed by atoms with Gasteiger partial charge in [-0.15, -0.1) is 0 Å². The summed E-state index contributed by atoms with van der Waals surface area (Å²) in [5.74, 6) is -4.17. The highest BCUT2D eigenvalue weighted by Gasteiger charge is 2.41. The lowest BCUT2D eigenvalue weighted by Gasteiger charge is -2.43. The zero-order valence-corrected chi connectivity index (χ0v) is 18.6. The highest BCUT2D eigenvalue weighted by molar-refractivity contribution is 6.30. The molecule has 0 radical (unpaired) electrons. The molecule has 3 atom stereocenters. The van der Waals surface area contributed by atoms with Gasteiger partial charge in [0.15, 0.2) is 18.2 Å². The summed E-state index contributed by atoms with van der Waals surface area (Å²) in [6, 6.07) is 8.63. The third kappa shape index (κ3) is 6.40. The number of halogens is 3. The molecule has 2 aromatic carbocycles. The molecule has 1 aliphatic heterocycles. The number of rotatable bonds is 8. The zero-order valence-electron chi connectivity index (χ0n) is 17.8. The Morgan fingerprint density at radius 2 is 1.91 bits per heavy atom. The molecule has 1 heterocycles. The lowest BCUT2D eigenvalue weighted by atomic mass is 9.81. The summed E-state index contributed by atoms with van der Waals surface area (Å²) in [4.78, 5) is 23.2. The van der Waals surface area contributed by atoms with Crippen molar-refractivity contribution in [2.75, 3.05) is 13.2 Å². The van der Waals surface area contributed by atoms with Gasteiger partial charge in [-0.1, -0.05) is 23.7 Å². The Balaban J connectivity index is 2.01. The number of hydrogen-bond donors (Lipinski definition) is 3. The summed E-state index contributed by atoms with van der Waals surface area (Å²) in [5, 5.41) is 21.4. The maximum absolute atomic E-state index is 14.2. The maximum atomic E-state index is 14.2. The van der Waals surface area contributed by atoms with Crippen LogP contribution in [0.5, 0.6) is 5.75 Å². The van der Waals surface area contributed by atoms with E-state index in [0.717, 1.165) is 12.1 Å². The first-order valence-corrected chi connectivity index (χ1v) is 10.6. The van der Waals surface area contributed by atoms with E-state index in [9.17, 15) is 18.4 Å². The van der Waals surface area contributed by atoms with Gasteiger partial charge in [0.1, 0.15) is 5.75 Å². The highest BCUT2D eigenvalue weighted by atomic mass is 35.5. The molecule has 1 amide bonds. The number of nitrogens with one attached hydrogen (secondary N) is 1. The van der Waals surface area contributed by atoms with E-state index in [1.165, 1.54) is 0 Å². The molecule has 3 N–H and O–H groups in total. The summed E-state index contributed by atoms with van der Waals surface area (Å²) in [6.07, 6.45) is -1.05. The fourth-order valence-corrected chi connectivity index (χ4v) is 4.14. The Morgan fingerprint density at radius 3 is 2.58 bits per heavy atom. The first-order valence-electron chi connectivity index (χ1n) is 10.3. The summed E-state index contributed by atoms with van der Waals surface area (Å²) in [6.45, 7) is 0.704. The van der Waals surface area contributed by atoms with E-state index in [0.29, 0.717) is 17.0 Å². The topological polar surface area (TPSA) is 105 Å². The van der Waals surface area contributed by atoms with Crippen LogP contribution in [-0.4, -0.2) is 40.8 Å². The summed E-state index contributed by atoms with van der Waals surface area (Å²) >= 11 is 6.13. The molecule has 1 fully saturated rings. The van der Waals surface area contributed by atoms with Crippen LogP contribution in [0, 0.1) is 11.6 Å². The summed E-state index contributed by atoms with van der Waals surface area (Å²) < 4.78 is 39.5. The Hall–Kier alpha value is -2.75. The third-order valence-electron chi connectivity index (χ3n) is 5.35. The lowest BCUT2D eigenvalue weighted by Crippen LogP contribution is -2.51. The largest absolute Gasteiger partial charge is 0.481 e. The van der Waals surface area contributed by atoms with E-state index in [4.69, 9.17) is 31.3 Å². The van der Waals surface area contributed by atoms with E-state index < -0.39 is 42.0 Å². The molecule has 2 aromatic rings. The van der Waals surface area contributed by atoms with Crippen molar-refractivity contribution < 1.29 is 38.1 Å². The average Bonchev–Trinajstić information content (AvgIpc) is 2.73. The van der Waals surface area contributed by atoms with Gasteiger partial charge in [-0.2, -0.15) is 0 Å². The number of ether oxygens (including phenoxy) is 2. The quantitative estimate of drug-likeness (QED) is 0.525. The molecule has 0 bridgehead atoms. The standard InChI is InChI=1S/C23H24ClF2NO6/c1-23(27-21(29)5-6-28)10-19(13-3-2-4-14(24)7-13)33-20(11-23)15-8-16(25)17(26)9-18(15)32-12-22(30)31/h2-4,7-9,19-20,28H,5-6,10-12H2,1H3,(H,27,29)(H,30,31)/t19-,20+,23+/m0/s1. The zero-order chi connectivity index (χ0) is 24.2. The van der Waals surface area contributed by atoms with Gasteiger partial charge in [-0.25, -0.2) is 13.6 Å². The molecule has 178 valence electrons. The fraction of sp³-hybridized carbons (Fsp3) is 0.391. The van der Waals surface area contributed by atoms with Crippen molar-refractivity contribution in [3.63, 3.8) is 0 Å². The number of carboxylic acids is 1. The van der Waals surface area contributed by atoms with Gasteiger partial charge in [0.05, 0.1) is 18.8 Å². The van der Waals surface area contributed by atoms with Gasteiger partial charge < -0.3 is 25.0 Å². The second kappa shape index (κ2) is 10.5. The van der Waals surface area contributed by atoms with Gasteiger partial charge in [0.25, 0.3) is 0 Å². The molecular weight excluding hydrogens is 460 g/mol. The molecule has 0 aromatic heterocycles. The van der Waals surface area contributed by atoms with Gasteiger partial charge in [-0.3, -0.25) is 4.79 Å². The van der Waals surface area contributed by atoms with Crippen LogP contribution >= 0.6 is 11.6 Å². The van der Waals surface area contributed by atoms with Gasteiger partial charge in [0, 0.05) is 41.5 Å². The average molecular weight is 484 g/mol. The smallest absolute Gasteiger partial charge is 0.341 e. The first kappa shape index (κ1) is 24.9. The molecular formula is C23H24ClF2NO6. The molecule has 3 rings (SSSR count). The maximum Gasteiger partial charge on any atom is 0.341 e. The number of carbonyl (C=O) groups excluding carboxylic acids is 1. The molecule has 1 aliphatic rings. The van der Waals surface area contributed by atoms with Crippen molar-refractivity contribution >= 4 is 23.5 Å². The summed E-state index contributed by atoms with van der Waals surface area (Å²) in [7, 11) is 0. The van der Waals surface area contributed by atoms with Crippen molar-refractivity contribution in [3.8, 4) is 5.75 Å². The van der Waals surface area contributed by atoms with Crippen LogP contribution in [0.25, 0.3) is 0 Å². The minimum atomic E-state index is -1.28. The Kier molecular flexibility index (Phi) is 7.88. The minimum Gasteiger partial charge on any atom is -0.481 e. The van der Waals surface area contributed by atoms with Crippen LogP contribution in [0.3, 0.4) is 0 Å². The van der Waals surface area contributed by atoms with Crippen LogP contribution in [0.2, 0.25) is 5.02 Å². The van der Waals surface area contributed by atoms with Crippen molar-refractivity contribution in [1.29, 1.82) is 0 Å². The molecule has 0 spiro atoms. The molecule has 0 saturated carbocycles. The van der Waals surface area contributed by atoms with E-state index in [-0.39, 0.29) is 36.7 Å². The van der Waals surface area contributed by atoms with Crippen LogP contribution in [0.15, 0.2) is 36.4 Å². The first-order chi connectivity index (χ1) is 15.6. The van der Waals surface area contributed by atoms with E-state index in [1.54, 1.807) is 31.2 Å². The second-order valence-electron chi connectivity index (χ2n) is 8.15. The summed E-state index contributed by atoms with van der Waals surface area (Å²) in [5.41, 5.74) is -0.0215. The van der Waals surface area contributed by atoms with Crippen LogP contribution in [0.1, 0.15) is 49.5 Å². The number of carboxylic acid groups (broad SMARTS) is 1. The van der Waals surface area contributed by atoms with Crippen molar-refractivity contribution in [1.82, 2.24) is 5.32 Å². The Bertz CT molecular complexity index is 1040. The Morgan fingerprint density at radius 1 is 1.21 bits per heavy atom. The molecule has 0 unspecified atom stereocenters. The number of aliphatic hydroxyl groups is 1. The number of aliphatic hydroxyl groups excluding tert-OH is 1. The van der Waals surface area contributed by atoms with Crippen LogP contribution in [0.4, 0.5) is 8.78 Å². The van der Waals surface area contributed by atoms with Crippen molar-refractivity contribution in [3.05, 3.63) is 64.2 Å². The molecule has 1 saturated heterocycles. The minimum absolute atomic E-state index is 0.0961. The van der Waals surface area contributed by atoms with E-state index >= 15 is 0 Å². The van der Waals surface area contributed by atoms with Gasteiger partial charge >= 0.3 is 5.97 Å². The predicted molar refractivity (Wildman–Crippen MR) is 115 cm³/mol. The van der Waals surface area contributed by atoms with Gasteiger partial charge in [0.2, 0.25) is 5.91 Å². The number of benzene rings is 2. The normalized spacial score (nSPS) is 22.6. The highest BCUT2D eigenvalue weighted by Crippen LogP contribution is 2.46. The van der Waals surface area contributed by atoms with Crippen molar-refractivity contribution in [2.45, 2.75) is 43.9 Å². The number of carbonyl (C=O) groups is 2. The Labute approximate surface area is 194 Å². The third-order valence-corrected chi connectivity index (χ3v) is 5.59. The number of amides is 1. The molecule has 0 aliphatic carbocycles. The SMILES string of the molecule is C[C@@]1(NC(=O)CCO)C[C@@H](c2cccc(Cl)c2)O[C@@H](c2cc(F)c(F)cc2OCC(=O)O)C1. The van der Waals surface area contributed by atoms with E-state index in [1.807, 2.05) is 0 Å². The second-order valence-corrected chi connectivity index (χ2v) is 8.58. The molecule has 7 nitrogen and oxygen atoms in total. The molecule has 10 heteroatoms. The van der Waals surface area contributed by atoms with Crippen molar-refractivity contribution in [2.24, 2.45) is 0 Å². The van der Waals surface area contributed by atoms with Crippen LogP contribution < -0.4 is 10.1 Å². The lowest BCUT2D eigenvalue weighted by molar-refractivity contribution is -0.139. The monoisotopic (exact) mass is 483 g/mol. The van der Waals surface area contributed by atoms with Crippen LogP contribution in [-0.2, 0) is 14.3 Å². The van der Waals surface area contributed by atoms with E-state index in [2.05, 4.69) is 5.32 Å².